The minimum Gasteiger partial charge on any atom is -0.463 e. The molecule has 3 aromatic rings. The number of fused-ring (bicyclic) bond motifs is 1. The van der Waals surface area contributed by atoms with Gasteiger partial charge in [-0.25, -0.2) is 9.79 Å². The van der Waals surface area contributed by atoms with Crippen molar-refractivity contribution < 1.29 is 9.53 Å². The van der Waals surface area contributed by atoms with E-state index in [1.165, 1.54) is 11.3 Å². The van der Waals surface area contributed by atoms with Crippen molar-refractivity contribution in [2.45, 2.75) is 19.9 Å². The smallest absolute Gasteiger partial charge is 0.338 e. The van der Waals surface area contributed by atoms with Crippen LogP contribution in [-0.4, -0.2) is 31.2 Å². The van der Waals surface area contributed by atoms with Crippen LogP contribution in [0.2, 0.25) is 0 Å². The van der Waals surface area contributed by atoms with Gasteiger partial charge in [-0.1, -0.05) is 53.8 Å². The maximum absolute atomic E-state index is 13.5. The molecule has 0 amide bonds. The molecule has 0 N–H and O–H groups in total. The number of anilines is 1. The first-order valence-electron chi connectivity index (χ1n) is 10.4. The summed E-state index contributed by atoms with van der Waals surface area (Å²) in [7, 11) is 3.94. The molecule has 2 aromatic carbocycles. The van der Waals surface area contributed by atoms with Gasteiger partial charge in [0, 0.05) is 19.8 Å². The summed E-state index contributed by atoms with van der Waals surface area (Å²) >= 11 is 1.33. The highest BCUT2D eigenvalue weighted by Gasteiger charge is 2.33. The average molecular weight is 448 g/mol. The van der Waals surface area contributed by atoms with Crippen LogP contribution in [0.5, 0.6) is 0 Å². The summed E-state index contributed by atoms with van der Waals surface area (Å²) in [4.78, 5) is 33.6. The summed E-state index contributed by atoms with van der Waals surface area (Å²) in [5.74, 6) is -0.451. The first-order chi connectivity index (χ1) is 15.4. The molecule has 1 aromatic heterocycles. The zero-order valence-corrected chi connectivity index (χ0v) is 19.3. The summed E-state index contributed by atoms with van der Waals surface area (Å²) < 4.78 is 7.52. The number of benzene rings is 2. The molecule has 32 heavy (non-hydrogen) atoms. The SMILES string of the molecule is CCOC(=O)C1=C(C)N=c2sc(=Cc3ccccc3)c(=O)n2C1c1ccc(N(C)C)cc1. The summed E-state index contributed by atoms with van der Waals surface area (Å²) in [6.07, 6.45) is 1.86. The standard InChI is InChI=1S/C25H25N3O3S/c1-5-31-24(30)21-16(2)26-25-28(22(21)18-11-13-19(14-12-18)27(3)4)23(29)20(32-25)15-17-9-7-6-8-10-17/h6-15,22H,5H2,1-4H3. The molecule has 2 heterocycles. The van der Waals surface area contributed by atoms with Gasteiger partial charge in [0.2, 0.25) is 0 Å². The normalized spacial score (nSPS) is 15.9. The van der Waals surface area contributed by atoms with E-state index in [2.05, 4.69) is 4.99 Å². The molecule has 1 unspecified atom stereocenters. The second-order valence-corrected chi connectivity index (χ2v) is 8.71. The van der Waals surface area contributed by atoms with Crippen LogP contribution >= 0.6 is 11.3 Å². The van der Waals surface area contributed by atoms with Crippen LogP contribution in [0.25, 0.3) is 6.08 Å². The lowest BCUT2D eigenvalue weighted by Crippen LogP contribution is -2.39. The van der Waals surface area contributed by atoms with Crippen LogP contribution in [0.15, 0.2) is 75.7 Å². The Balaban J connectivity index is 1.94. The van der Waals surface area contributed by atoms with Crippen LogP contribution in [0.3, 0.4) is 0 Å². The monoisotopic (exact) mass is 447 g/mol. The number of allylic oxidation sites excluding steroid dienone is 1. The van der Waals surface area contributed by atoms with Gasteiger partial charge in [-0.2, -0.15) is 0 Å². The fraction of sp³-hybridized carbons (Fsp3) is 0.240. The number of thiazole rings is 1. The first kappa shape index (κ1) is 21.8. The lowest BCUT2D eigenvalue weighted by Gasteiger charge is -2.25. The van der Waals surface area contributed by atoms with Gasteiger partial charge in [-0.05, 0) is 43.2 Å². The van der Waals surface area contributed by atoms with E-state index in [0.717, 1.165) is 16.8 Å². The molecule has 0 aliphatic carbocycles. The largest absolute Gasteiger partial charge is 0.463 e. The van der Waals surface area contributed by atoms with E-state index in [1.54, 1.807) is 18.4 Å². The van der Waals surface area contributed by atoms with Crippen LogP contribution in [0.1, 0.15) is 31.0 Å². The third kappa shape index (κ3) is 4.03. The van der Waals surface area contributed by atoms with Crippen molar-refractivity contribution in [2.75, 3.05) is 25.6 Å². The third-order valence-electron chi connectivity index (χ3n) is 5.34. The number of carbonyl (C=O) groups excluding carboxylic acids is 1. The van der Waals surface area contributed by atoms with E-state index in [0.29, 0.717) is 20.6 Å². The minimum atomic E-state index is -0.598. The predicted molar refractivity (Wildman–Crippen MR) is 128 cm³/mol. The maximum Gasteiger partial charge on any atom is 0.338 e. The average Bonchev–Trinajstić information content (AvgIpc) is 3.08. The summed E-state index contributed by atoms with van der Waals surface area (Å²) in [5.41, 5.74) is 3.59. The molecule has 0 fully saturated rings. The number of aromatic nitrogens is 1. The Morgan fingerprint density at radius 2 is 1.84 bits per heavy atom. The molecule has 0 spiro atoms. The molecule has 0 radical (unpaired) electrons. The van der Waals surface area contributed by atoms with Crippen LogP contribution in [0.4, 0.5) is 5.69 Å². The molecule has 7 heteroatoms. The molecule has 6 nitrogen and oxygen atoms in total. The Kier molecular flexibility index (Phi) is 6.10. The van der Waals surface area contributed by atoms with Gasteiger partial charge in [-0.15, -0.1) is 0 Å². The number of ether oxygens (including phenoxy) is 1. The Labute approximate surface area is 190 Å². The Morgan fingerprint density at radius 1 is 1.16 bits per heavy atom. The van der Waals surface area contributed by atoms with Gasteiger partial charge < -0.3 is 9.64 Å². The van der Waals surface area contributed by atoms with E-state index < -0.39 is 12.0 Å². The quantitative estimate of drug-likeness (QED) is 0.565. The van der Waals surface area contributed by atoms with Crippen molar-refractivity contribution >= 4 is 29.1 Å². The van der Waals surface area contributed by atoms with E-state index in [4.69, 9.17) is 4.74 Å². The lowest BCUT2D eigenvalue weighted by atomic mass is 9.95. The van der Waals surface area contributed by atoms with Crippen LogP contribution < -0.4 is 19.8 Å². The molecule has 0 saturated heterocycles. The molecule has 0 saturated carbocycles. The maximum atomic E-state index is 13.5. The minimum absolute atomic E-state index is 0.173. The number of hydrogen-bond acceptors (Lipinski definition) is 6. The van der Waals surface area contributed by atoms with Gasteiger partial charge in [0.25, 0.3) is 5.56 Å². The highest BCUT2D eigenvalue weighted by molar-refractivity contribution is 7.07. The van der Waals surface area contributed by atoms with Gasteiger partial charge in [0.05, 0.1) is 28.5 Å². The molecule has 1 atom stereocenters. The van der Waals surface area contributed by atoms with Crippen molar-refractivity contribution in [2.24, 2.45) is 4.99 Å². The molecule has 0 bridgehead atoms. The van der Waals surface area contributed by atoms with E-state index >= 15 is 0 Å². The predicted octanol–water partition coefficient (Wildman–Crippen LogP) is 2.86. The van der Waals surface area contributed by atoms with Crippen molar-refractivity contribution in [3.63, 3.8) is 0 Å². The number of carbonyl (C=O) groups is 1. The summed E-state index contributed by atoms with van der Waals surface area (Å²) in [6.45, 7) is 3.81. The number of esters is 1. The zero-order chi connectivity index (χ0) is 22.8. The van der Waals surface area contributed by atoms with Crippen molar-refractivity contribution in [1.82, 2.24) is 4.57 Å². The van der Waals surface area contributed by atoms with E-state index in [-0.39, 0.29) is 12.2 Å². The molecule has 4 rings (SSSR count). The number of nitrogens with zero attached hydrogens (tertiary/aromatic N) is 3. The zero-order valence-electron chi connectivity index (χ0n) is 18.5. The van der Waals surface area contributed by atoms with Gasteiger partial charge >= 0.3 is 5.97 Å². The highest BCUT2D eigenvalue weighted by atomic mass is 32.1. The van der Waals surface area contributed by atoms with Gasteiger partial charge in [-0.3, -0.25) is 9.36 Å². The summed E-state index contributed by atoms with van der Waals surface area (Å²) in [5, 5.41) is 0. The van der Waals surface area contributed by atoms with Crippen LogP contribution in [-0.2, 0) is 9.53 Å². The highest BCUT2D eigenvalue weighted by Crippen LogP contribution is 2.31. The topological polar surface area (TPSA) is 63.9 Å². The van der Waals surface area contributed by atoms with E-state index in [1.807, 2.05) is 79.7 Å². The molecule has 1 aliphatic rings. The number of hydrogen-bond donors (Lipinski definition) is 0. The summed E-state index contributed by atoms with van der Waals surface area (Å²) in [6, 6.07) is 17.0. The number of rotatable bonds is 5. The fourth-order valence-corrected chi connectivity index (χ4v) is 4.81. The fourth-order valence-electron chi connectivity index (χ4n) is 3.76. The molecule has 1 aliphatic heterocycles. The van der Waals surface area contributed by atoms with Crippen molar-refractivity contribution in [3.05, 3.63) is 96.7 Å². The lowest BCUT2D eigenvalue weighted by molar-refractivity contribution is -0.139. The van der Waals surface area contributed by atoms with Crippen molar-refractivity contribution in [3.8, 4) is 0 Å². The third-order valence-corrected chi connectivity index (χ3v) is 6.32. The Morgan fingerprint density at radius 3 is 2.47 bits per heavy atom. The Hall–Kier alpha value is -3.45. The van der Waals surface area contributed by atoms with E-state index in [9.17, 15) is 9.59 Å². The second-order valence-electron chi connectivity index (χ2n) is 7.70. The van der Waals surface area contributed by atoms with Gasteiger partial charge in [0.1, 0.15) is 0 Å². The molecule has 164 valence electrons. The molecular formula is C25H25N3O3S. The second kappa shape index (κ2) is 8.96. The first-order valence-corrected chi connectivity index (χ1v) is 11.2. The Bertz CT molecular complexity index is 1350. The molecular weight excluding hydrogens is 422 g/mol. The van der Waals surface area contributed by atoms with Gasteiger partial charge in [0.15, 0.2) is 4.80 Å². The van der Waals surface area contributed by atoms with Crippen LogP contribution in [0, 0.1) is 0 Å². The van der Waals surface area contributed by atoms with Crippen molar-refractivity contribution in [1.29, 1.82) is 0 Å².